The molecule has 5 atom stereocenters. The first kappa shape index (κ1) is 97.5. The van der Waals surface area contributed by atoms with Crippen LogP contribution in [0.25, 0.3) is 0 Å². The SMILES string of the molecule is CC/C=C\C/C=C\C/C=C\C/C=C\C/C=C\CCCC(=O)OCC(COP(=O)(O)OCC(O)COP(=O)(O)OCC(COC(=O)CCCCCCC/C=C\CCCCCCCC)OC(=O)CCCCCCC/C=C\CCCCCCCC)OC(=O)CCCCCCC/C=C\C/C=C\C/C=C\CC. The van der Waals surface area contributed by atoms with Gasteiger partial charge in [0, 0.05) is 25.7 Å². The Hall–Kier alpha value is -4.54. The first-order chi connectivity index (χ1) is 49.7. The van der Waals surface area contributed by atoms with Crippen LogP contribution < -0.4 is 0 Å². The number of carbonyl (C=O) groups excluding carboxylic acids is 4. The fraction of sp³-hybridized carbons (Fsp3) is 0.711. The van der Waals surface area contributed by atoms with Gasteiger partial charge in [0.1, 0.15) is 19.3 Å². The highest BCUT2D eigenvalue weighted by atomic mass is 31.2. The number of ether oxygens (including phenoxy) is 4. The van der Waals surface area contributed by atoms with Crippen molar-refractivity contribution in [2.24, 2.45) is 0 Å². The molecule has 0 radical (unpaired) electrons. The maximum Gasteiger partial charge on any atom is 0.472 e. The van der Waals surface area contributed by atoms with E-state index in [1.54, 1.807) is 0 Å². The Morgan fingerprint density at radius 2 is 0.520 bits per heavy atom. The second kappa shape index (κ2) is 74.7. The van der Waals surface area contributed by atoms with E-state index in [-0.39, 0.29) is 25.7 Å². The fourth-order valence-electron chi connectivity index (χ4n) is 10.4. The number of unbranched alkanes of at least 4 members (excludes halogenated alkanes) is 28. The number of hydrogen-bond donors (Lipinski definition) is 3. The lowest BCUT2D eigenvalue weighted by Crippen LogP contribution is -2.30. The number of hydrogen-bond acceptors (Lipinski definition) is 15. The highest BCUT2D eigenvalue weighted by molar-refractivity contribution is 7.47. The van der Waals surface area contributed by atoms with Gasteiger partial charge in [-0.2, -0.15) is 0 Å². The van der Waals surface area contributed by atoms with Crippen molar-refractivity contribution in [3.8, 4) is 0 Å². The number of carbonyl (C=O) groups is 4. The molecule has 0 saturated heterocycles. The normalized spacial score (nSPS) is 14.5. The van der Waals surface area contributed by atoms with E-state index < -0.39 is 97.5 Å². The molecule has 0 saturated carbocycles. The zero-order chi connectivity index (χ0) is 74.6. The first-order valence-corrected chi connectivity index (χ1v) is 42.8. The smallest absolute Gasteiger partial charge is 0.462 e. The summed E-state index contributed by atoms with van der Waals surface area (Å²) in [5.74, 6) is -2.27. The van der Waals surface area contributed by atoms with Crippen molar-refractivity contribution in [1.29, 1.82) is 0 Å². The molecule has 0 aromatic rings. The van der Waals surface area contributed by atoms with E-state index in [0.717, 1.165) is 161 Å². The molecule has 3 N–H and O–H groups in total. The number of phosphoric acid groups is 2. The summed E-state index contributed by atoms with van der Waals surface area (Å²) in [5, 5.41) is 10.6. The molecule has 0 aromatic carbocycles. The molecule has 0 spiro atoms. The third-order valence-corrected chi connectivity index (χ3v) is 18.3. The summed E-state index contributed by atoms with van der Waals surface area (Å²) in [5.41, 5.74) is 0. The van der Waals surface area contributed by atoms with Gasteiger partial charge in [-0.1, -0.05) is 271 Å². The standard InChI is InChI=1S/C83H142O17P2/c1-5-9-13-17-21-25-29-33-37-38-42-44-48-52-56-60-64-68-81(86)94-74-79(100-83(88)70-66-62-58-54-50-46-41-36-32-28-24-20-16-12-8-4)76-98-102(91,92)96-72-77(84)71-95-101(89,90)97-75-78(99-82(87)69-65-61-57-53-49-45-40-35-31-27-23-19-15-11-7-3)73-93-80(85)67-63-59-55-51-47-43-39-34-30-26-22-18-14-10-6-2/h9,12-13,16,21,24-25,28,33-37,39-42,44,52,56,77-79,84H,5-8,10-11,14-15,17-20,22-23,26-27,29-32,38,43,45-51,53-55,57-76H2,1-4H3,(H,89,90)(H,91,92)/b13-9-,16-12-,25-21-,28-24-,37-33-,39-34-,40-35-,41-36-,44-42-,56-52-. The van der Waals surface area contributed by atoms with Crippen molar-refractivity contribution in [2.45, 2.75) is 341 Å². The highest BCUT2D eigenvalue weighted by Gasteiger charge is 2.30. The molecule has 0 rings (SSSR count). The van der Waals surface area contributed by atoms with Crippen LogP contribution in [0.3, 0.4) is 0 Å². The summed E-state index contributed by atoms with van der Waals surface area (Å²) in [6.07, 6.45) is 81.8. The molecule has 5 unspecified atom stereocenters. The van der Waals surface area contributed by atoms with E-state index in [1.807, 2.05) is 12.2 Å². The van der Waals surface area contributed by atoms with E-state index in [9.17, 15) is 43.2 Å². The Balaban J connectivity index is 5.43. The summed E-state index contributed by atoms with van der Waals surface area (Å²) in [6, 6.07) is 0. The average molecular weight is 1470 g/mol. The molecule has 19 heteroatoms. The van der Waals surface area contributed by atoms with E-state index in [1.165, 1.54) is 77.0 Å². The third kappa shape index (κ3) is 73.8. The van der Waals surface area contributed by atoms with Gasteiger partial charge in [0.15, 0.2) is 12.2 Å². The molecular formula is C83H142O17P2. The number of aliphatic hydroxyl groups excluding tert-OH is 1. The predicted molar refractivity (Wildman–Crippen MR) is 418 cm³/mol. The molecule has 0 bridgehead atoms. The second-order valence-corrected chi connectivity index (χ2v) is 29.1. The molecule has 0 aliphatic rings. The van der Waals surface area contributed by atoms with Crippen molar-refractivity contribution in [3.05, 3.63) is 122 Å². The van der Waals surface area contributed by atoms with Gasteiger partial charge in [-0.05, 0) is 148 Å². The molecule has 0 aliphatic carbocycles. The molecule has 0 amide bonds. The molecule has 102 heavy (non-hydrogen) atoms. The topological polar surface area (TPSA) is 237 Å². The van der Waals surface area contributed by atoms with Gasteiger partial charge in [-0.3, -0.25) is 37.3 Å². The lowest BCUT2D eigenvalue weighted by atomic mass is 10.1. The maximum atomic E-state index is 13.1. The van der Waals surface area contributed by atoms with Gasteiger partial charge >= 0.3 is 39.5 Å². The summed E-state index contributed by atoms with van der Waals surface area (Å²) in [4.78, 5) is 73.0. The average Bonchev–Trinajstić information content (AvgIpc) is 0.923. The van der Waals surface area contributed by atoms with Crippen LogP contribution in [0.4, 0.5) is 0 Å². The molecule has 0 aliphatic heterocycles. The quantitative estimate of drug-likeness (QED) is 0.0169. The Kier molecular flexibility index (Phi) is 71.4. The second-order valence-electron chi connectivity index (χ2n) is 26.2. The summed E-state index contributed by atoms with van der Waals surface area (Å²) in [7, 11) is -9.98. The van der Waals surface area contributed by atoms with E-state index in [4.69, 9.17) is 37.0 Å². The number of esters is 4. The summed E-state index contributed by atoms with van der Waals surface area (Å²) >= 11 is 0. The highest BCUT2D eigenvalue weighted by Crippen LogP contribution is 2.45. The van der Waals surface area contributed by atoms with Gasteiger partial charge in [-0.25, -0.2) is 9.13 Å². The van der Waals surface area contributed by atoms with Gasteiger partial charge < -0.3 is 33.8 Å². The summed E-state index contributed by atoms with van der Waals surface area (Å²) < 4.78 is 68.5. The number of aliphatic hydroxyl groups is 1. The minimum atomic E-state index is -5.00. The van der Waals surface area contributed by atoms with Crippen LogP contribution in [0.5, 0.6) is 0 Å². The number of allylic oxidation sites excluding steroid dienone is 20. The van der Waals surface area contributed by atoms with E-state index in [2.05, 4.69) is 137 Å². The van der Waals surface area contributed by atoms with Crippen LogP contribution in [-0.4, -0.2) is 96.7 Å². The summed E-state index contributed by atoms with van der Waals surface area (Å²) in [6.45, 7) is 4.56. The number of phosphoric ester groups is 2. The largest absolute Gasteiger partial charge is 0.472 e. The van der Waals surface area contributed by atoms with E-state index in [0.29, 0.717) is 32.1 Å². The van der Waals surface area contributed by atoms with Gasteiger partial charge in [0.05, 0.1) is 26.4 Å². The zero-order valence-electron chi connectivity index (χ0n) is 64.0. The predicted octanol–water partition coefficient (Wildman–Crippen LogP) is 23.1. The van der Waals surface area contributed by atoms with Crippen molar-refractivity contribution in [2.75, 3.05) is 39.6 Å². The molecule has 0 fully saturated rings. The van der Waals surface area contributed by atoms with E-state index >= 15 is 0 Å². The Labute approximate surface area is 619 Å². The molecule has 0 heterocycles. The first-order valence-electron chi connectivity index (χ1n) is 39.8. The van der Waals surface area contributed by atoms with Gasteiger partial charge in [0.25, 0.3) is 0 Å². The molecule has 0 aromatic heterocycles. The fourth-order valence-corrected chi connectivity index (χ4v) is 12.0. The van der Waals surface area contributed by atoms with Gasteiger partial charge in [-0.15, -0.1) is 0 Å². The minimum absolute atomic E-state index is 0.0605. The van der Waals surface area contributed by atoms with Gasteiger partial charge in [0.2, 0.25) is 0 Å². The van der Waals surface area contributed by atoms with Crippen LogP contribution in [0.15, 0.2) is 122 Å². The van der Waals surface area contributed by atoms with Crippen molar-refractivity contribution >= 4 is 39.5 Å². The molecule has 586 valence electrons. The molecular weight excluding hydrogens is 1330 g/mol. The molecule has 17 nitrogen and oxygen atoms in total. The Morgan fingerprint density at radius 3 is 0.833 bits per heavy atom. The van der Waals surface area contributed by atoms with Crippen LogP contribution in [0, 0.1) is 0 Å². The van der Waals surface area contributed by atoms with Crippen molar-refractivity contribution < 1.29 is 80.2 Å². The van der Waals surface area contributed by atoms with Crippen LogP contribution >= 0.6 is 15.6 Å². The third-order valence-electron chi connectivity index (χ3n) is 16.4. The van der Waals surface area contributed by atoms with Crippen LogP contribution in [-0.2, 0) is 65.4 Å². The van der Waals surface area contributed by atoms with Crippen LogP contribution in [0.2, 0.25) is 0 Å². The lowest BCUT2D eigenvalue weighted by molar-refractivity contribution is -0.161. The lowest BCUT2D eigenvalue weighted by Gasteiger charge is -2.21. The van der Waals surface area contributed by atoms with Crippen LogP contribution in [0.1, 0.15) is 323 Å². The Morgan fingerprint density at radius 1 is 0.284 bits per heavy atom. The van der Waals surface area contributed by atoms with Crippen molar-refractivity contribution in [1.82, 2.24) is 0 Å². The maximum absolute atomic E-state index is 13.1. The minimum Gasteiger partial charge on any atom is -0.462 e. The Bertz CT molecular complexity index is 2410. The van der Waals surface area contributed by atoms with Crippen molar-refractivity contribution in [3.63, 3.8) is 0 Å². The zero-order valence-corrected chi connectivity index (χ0v) is 65.8. The monoisotopic (exact) mass is 1470 g/mol. The number of rotatable bonds is 74.